The average Bonchev–Trinajstić information content (AvgIpc) is 2.74. The number of ether oxygens (including phenoxy) is 3. The molecule has 158 valence electrons. The third kappa shape index (κ3) is 6.25. The Kier molecular flexibility index (Phi) is 8.54. The van der Waals surface area contributed by atoms with Crippen LogP contribution in [0.1, 0.15) is 5.56 Å². The number of nitrogens with zero attached hydrogens (tertiary/aromatic N) is 3. The predicted octanol–water partition coefficient (Wildman–Crippen LogP) is 2.06. The summed E-state index contributed by atoms with van der Waals surface area (Å²) in [5, 5.41) is 3.96. The summed E-state index contributed by atoms with van der Waals surface area (Å²) in [6.45, 7) is 3.19. The number of likely N-dealkylation sites (N-methyl/N-ethyl adjacent to an activating group) is 1. The van der Waals surface area contributed by atoms with Crippen LogP contribution < -0.4 is 14.2 Å². The van der Waals surface area contributed by atoms with Crippen LogP contribution in [0.3, 0.4) is 0 Å². The molecule has 8 heteroatoms. The fourth-order valence-electron chi connectivity index (χ4n) is 2.89. The number of amides is 1. The van der Waals surface area contributed by atoms with Crippen LogP contribution in [0.25, 0.3) is 6.08 Å². The molecule has 0 aliphatic carbocycles. The number of piperazine rings is 1. The molecule has 0 spiro atoms. The second-order valence-electron chi connectivity index (χ2n) is 6.45. The summed E-state index contributed by atoms with van der Waals surface area (Å²) in [4.78, 5) is 21.3. The van der Waals surface area contributed by atoms with Gasteiger partial charge in [0.15, 0.2) is 11.5 Å². The lowest BCUT2D eigenvalue weighted by atomic mass is 10.1. The number of hydrogen-bond donors (Lipinski definition) is 0. The molecule has 0 radical (unpaired) electrons. The van der Waals surface area contributed by atoms with Gasteiger partial charge in [0.25, 0.3) is 0 Å². The molecule has 0 atom stereocenters. The van der Waals surface area contributed by atoms with Crippen LogP contribution in [-0.4, -0.2) is 83.1 Å². The molecular formula is C21H29N3O5. The average molecular weight is 403 g/mol. The number of hydrogen-bond acceptors (Lipinski definition) is 7. The van der Waals surface area contributed by atoms with Gasteiger partial charge in [-0.3, -0.25) is 4.79 Å². The van der Waals surface area contributed by atoms with E-state index in [1.165, 1.54) is 13.2 Å². The van der Waals surface area contributed by atoms with Crippen LogP contribution in [-0.2, 0) is 9.63 Å². The minimum Gasteiger partial charge on any atom is -0.493 e. The zero-order chi connectivity index (χ0) is 21.2. The summed E-state index contributed by atoms with van der Waals surface area (Å²) >= 11 is 0. The van der Waals surface area contributed by atoms with Gasteiger partial charge in [-0.25, -0.2) is 0 Å². The van der Waals surface area contributed by atoms with E-state index < -0.39 is 0 Å². The lowest BCUT2D eigenvalue weighted by Crippen LogP contribution is -2.46. The zero-order valence-corrected chi connectivity index (χ0v) is 17.7. The Morgan fingerprint density at radius 3 is 2.07 bits per heavy atom. The number of carbonyl (C=O) groups excluding carboxylic acids is 1. The molecule has 0 unspecified atom stereocenters. The molecular weight excluding hydrogens is 374 g/mol. The highest BCUT2D eigenvalue weighted by atomic mass is 16.6. The summed E-state index contributed by atoms with van der Waals surface area (Å²) in [6, 6.07) is 3.64. The maximum absolute atomic E-state index is 12.4. The van der Waals surface area contributed by atoms with Gasteiger partial charge in [0.2, 0.25) is 11.7 Å². The van der Waals surface area contributed by atoms with Crippen molar-refractivity contribution in [1.82, 2.24) is 9.80 Å². The van der Waals surface area contributed by atoms with Crippen molar-refractivity contribution in [2.75, 3.05) is 61.7 Å². The van der Waals surface area contributed by atoms with Gasteiger partial charge in [0.1, 0.15) is 12.8 Å². The van der Waals surface area contributed by atoms with E-state index in [1.807, 2.05) is 23.1 Å². The Balaban J connectivity index is 2.15. The molecule has 1 aromatic rings. The van der Waals surface area contributed by atoms with Gasteiger partial charge in [0, 0.05) is 32.3 Å². The fraction of sp³-hybridized carbons (Fsp3) is 0.429. The summed E-state index contributed by atoms with van der Waals surface area (Å²) in [5.41, 5.74) is 1.32. The molecule has 1 fully saturated rings. The summed E-state index contributed by atoms with van der Waals surface area (Å²) in [7, 11) is 8.20. The van der Waals surface area contributed by atoms with E-state index >= 15 is 0 Å². The summed E-state index contributed by atoms with van der Waals surface area (Å²) in [5.74, 6) is 1.59. The minimum atomic E-state index is -0.0388. The van der Waals surface area contributed by atoms with Gasteiger partial charge in [-0.2, -0.15) is 0 Å². The molecule has 8 nitrogen and oxygen atoms in total. The number of rotatable bonds is 8. The molecule has 1 amide bonds. The van der Waals surface area contributed by atoms with Gasteiger partial charge < -0.3 is 28.8 Å². The summed E-state index contributed by atoms with van der Waals surface area (Å²) < 4.78 is 16.1. The van der Waals surface area contributed by atoms with Crippen LogP contribution in [0.4, 0.5) is 0 Å². The Morgan fingerprint density at radius 1 is 0.931 bits per heavy atom. The lowest BCUT2D eigenvalue weighted by molar-refractivity contribution is -0.127. The van der Waals surface area contributed by atoms with Crippen molar-refractivity contribution < 1.29 is 23.8 Å². The van der Waals surface area contributed by atoms with Crippen molar-refractivity contribution in [3.63, 3.8) is 0 Å². The van der Waals surface area contributed by atoms with Crippen LogP contribution in [0.2, 0.25) is 0 Å². The second-order valence-corrected chi connectivity index (χ2v) is 6.45. The SMILES string of the molecule is CON=C(C=CC(=O)N1CCN(C)CC1)C=Cc1cc(OC)c(OC)c(OC)c1. The Hall–Kier alpha value is -3.00. The van der Waals surface area contributed by atoms with Crippen LogP contribution >= 0.6 is 0 Å². The number of allylic oxidation sites excluding steroid dienone is 2. The Labute approximate surface area is 172 Å². The van der Waals surface area contributed by atoms with Crippen molar-refractivity contribution in [2.45, 2.75) is 0 Å². The Morgan fingerprint density at radius 2 is 1.55 bits per heavy atom. The third-order valence-electron chi connectivity index (χ3n) is 4.54. The monoisotopic (exact) mass is 403 g/mol. The van der Waals surface area contributed by atoms with Crippen molar-refractivity contribution in [3.8, 4) is 17.2 Å². The maximum Gasteiger partial charge on any atom is 0.246 e. The van der Waals surface area contributed by atoms with E-state index in [1.54, 1.807) is 33.5 Å². The predicted molar refractivity (Wildman–Crippen MR) is 113 cm³/mol. The molecule has 29 heavy (non-hydrogen) atoms. The molecule has 1 aliphatic heterocycles. The van der Waals surface area contributed by atoms with Gasteiger partial charge >= 0.3 is 0 Å². The molecule has 1 aromatic carbocycles. The normalized spacial score (nSPS) is 15.8. The highest BCUT2D eigenvalue weighted by Crippen LogP contribution is 2.38. The molecule has 1 saturated heterocycles. The maximum atomic E-state index is 12.4. The van der Waals surface area contributed by atoms with Crippen molar-refractivity contribution in [2.24, 2.45) is 5.16 Å². The first-order valence-corrected chi connectivity index (χ1v) is 9.27. The highest BCUT2D eigenvalue weighted by molar-refractivity contribution is 6.09. The van der Waals surface area contributed by atoms with Crippen LogP contribution in [0.5, 0.6) is 17.2 Å². The molecule has 0 aromatic heterocycles. The topological polar surface area (TPSA) is 72.8 Å². The first kappa shape index (κ1) is 22.3. The number of benzene rings is 1. The minimum absolute atomic E-state index is 0.0388. The van der Waals surface area contributed by atoms with E-state index in [9.17, 15) is 4.79 Å². The quantitative estimate of drug-likeness (QED) is 0.376. The van der Waals surface area contributed by atoms with Crippen molar-refractivity contribution in [3.05, 3.63) is 35.9 Å². The van der Waals surface area contributed by atoms with Crippen LogP contribution in [0, 0.1) is 0 Å². The van der Waals surface area contributed by atoms with Crippen molar-refractivity contribution in [1.29, 1.82) is 0 Å². The summed E-state index contributed by atoms with van der Waals surface area (Å²) in [6.07, 6.45) is 6.73. The molecule has 0 bridgehead atoms. The van der Waals surface area contributed by atoms with Crippen LogP contribution in [0.15, 0.2) is 35.5 Å². The van der Waals surface area contributed by atoms with Gasteiger partial charge in [-0.1, -0.05) is 11.2 Å². The zero-order valence-electron chi connectivity index (χ0n) is 17.7. The largest absolute Gasteiger partial charge is 0.493 e. The van der Waals surface area contributed by atoms with E-state index in [2.05, 4.69) is 17.1 Å². The number of oxime groups is 1. The molecule has 0 saturated carbocycles. The highest BCUT2D eigenvalue weighted by Gasteiger charge is 2.17. The fourth-order valence-corrected chi connectivity index (χ4v) is 2.89. The lowest BCUT2D eigenvalue weighted by Gasteiger charge is -2.31. The van der Waals surface area contributed by atoms with Gasteiger partial charge in [0.05, 0.1) is 21.3 Å². The molecule has 1 heterocycles. The first-order chi connectivity index (χ1) is 14.0. The van der Waals surface area contributed by atoms with Gasteiger partial charge in [-0.15, -0.1) is 0 Å². The van der Waals surface area contributed by atoms with E-state index in [4.69, 9.17) is 19.0 Å². The molecule has 2 rings (SSSR count). The third-order valence-corrected chi connectivity index (χ3v) is 4.54. The van der Waals surface area contributed by atoms with E-state index in [-0.39, 0.29) is 5.91 Å². The standard InChI is InChI=1S/C21H29N3O5/c1-23-10-12-24(13-11-23)20(25)9-8-17(22-29-5)7-6-16-14-18(26-2)21(28-4)19(15-16)27-3/h6-9,14-15H,10-13H2,1-5H3. The molecule has 0 N–H and O–H groups in total. The first-order valence-electron chi connectivity index (χ1n) is 9.27. The van der Waals surface area contributed by atoms with Crippen molar-refractivity contribution >= 4 is 17.7 Å². The second kappa shape index (κ2) is 11.1. The molecule has 1 aliphatic rings. The smallest absolute Gasteiger partial charge is 0.246 e. The number of methoxy groups -OCH3 is 3. The Bertz CT molecular complexity index is 756. The van der Waals surface area contributed by atoms with E-state index in [0.29, 0.717) is 23.0 Å². The van der Waals surface area contributed by atoms with E-state index in [0.717, 1.165) is 31.7 Å². The van der Waals surface area contributed by atoms with Gasteiger partial charge in [-0.05, 0) is 36.9 Å². The number of carbonyl (C=O) groups is 1.